The van der Waals surface area contributed by atoms with Crippen molar-refractivity contribution in [1.82, 2.24) is 15.1 Å². The number of nitrogens with one attached hydrogen (secondary N) is 1. The SMILES string of the molecule is CN1CCN(CCCNC(=O)c2ccc(-c3ccccc3Cl)o2)CC1. The van der Waals surface area contributed by atoms with Crippen LogP contribution in [0.4, 0.5) is 0 Å². The average Bonchev–Trinajstić information content (AvgIpc) is 3.10. The van der Waals surface area contributed by atoms with Gasteiger partial charge in [-0.2, -0.15) is 0 Å². The molecule has 0 unspecified atom stereocenters. The third-order valence-corrected chi connectivity index (χ3v) is 4.83. The zero-order valence-corrected chi connectivity index (χ0v) is 15.3. The molecule has 25 heavy (non-hydrogen) atoms. The maximum atomic E-state index is 12.2. The van der Waals surface area contributed by atoms with Gasteiger partial charge in [-0.25, -0.2) is 0 Å². The minimum atomic E-state index is -0.184. The molecule has 1 aliphatic rings. The average molecular weight is 362 g/mol. The highest BCUT2D eigenvalue weighted by atomic mass is 35.5. The largest absolute Gasteiger partial charge is 0.451 e. The normalized spacial score (nSPS) is 16.1. The predicted molar refractivity (Wildman–Crippen MR) is 100 cm³/mol. The van der Waals surface area contributed by atoms with E-state index in [0.717, 1.165) is 44.7 Å². The van der Waals surface area contributed by atoms with Crippen molar-refractivity contribution in [2.24, 2.45) is 0 Å². The van der Waals surface area contributed by atoms with Crippen LogP contribution in [-0.2, 0) is 0 Å². The predicted octanol–water partition coefficient (Wildman–Crippen LogP) is 2.97. The molecule has 0 bridgehead atoms. The van der Waals surface area contributed by atoms with E-state index in [1.807, 2.05) is 18.2 Å². The molecule has 1 aromatic carbocycles. The summed E-state index contributed by atoms with van der Waals surface area (Å²) < 4.78 is 5.66. The van der Waals surface area contributed by atoms with Gasteiger partial charge in [0.2, 0.25) is 0 Å². The lowest BCUT2D eigenvalue weighted by molar-refractivity contribution is 0.0922. The highest BCUT2D eigenvalue weighted by molar-refractivity contribution is 6.33. The monoisotopic (exact) mass is 361 g/mol. The summed E-state index contributed by atoms with van der Waals surface area (Å²) >= 11 is 6.16. The summed E-state index contributed by atoms with van der Waals surface area (Å²) in [5, 5.41) is 3.53. The summed E-state index contributed by atoms with van der Waals surface area (Å²) in [6.07, 6.45) is 0.938. The number of piperazine rings is 1. The van der Waals surface area contributed by atoms with Gasteiger partial charge < -0.3 is 19.5 Å². The molecule has 6 heteroatoms. The molecule has 134 valence electrons. The van der Waals surface area contributed by atoms with Gasteiger partial charge in [0.1, 0.15) is 5.76 Å². The zero-order chi connectivity index (χ0) is 17.6. The Morgan fingerprint density at radius 1 is 1.16 bits per heavy atom. The number of nitrogens with zero attached hydrogens (tertiary/aromatic N) is 2. The fraction of sp³-hybridized carbons (Fsp3) is 0.421. The van der Waals surface area contributed by atoms with Crippen molar-refractivity contribution in [3.63, 3.8) is 0 Å². The molecular weight excluding hydrogens is 338 g/mol. The summed E-state index contributed by atoms with van der Waals surface area (Å²) in [5.74, 6) is 0.736. The Morgan fingerprint density at radius 2 is 1.92 bits per heavy atom. The van der Waals surface area contributed by atoms with Crippen LogP contribution < -0.4 is 5.32 Å². The second-order valence-corrected chi connectivity index (χ2v) is 6.81. The van der Waals surface area contributed by atoms with Gasteiger partial charge >= 0.3 is 0 Å². The second kappa shape index (κ2) is 8.52. The minimum Gasteiger partial charge on any atom is -0.451 e. The van der Waals surface area contributed by atoms with Crippen LogP contribution >= 0.6 is 11.6 Å². The van der Waals surface area contributed by atoms with E-state index >= 15 is 0 Å². The Morgan fingerprint density at radius 3 is 2.68 bits per heavy atom. The molecule has 1 aromatic heterocycles. The first-order chi connectivity index (χ1) is 12.1. The lowest BCUT2D eigenvalue weighted by Crippen LogP contribution is -2.45. The van der Waals surface area contributed by atoms with Gasteiger partial charge in [0.15, 0.2) is 5.76 Å². The van der Waals surface area contributed by atoms with E-state index in [-0.39, 0.29) is 5.91 Å². The Bertz CT molecular complexity index is 708. The van der Waals surface area contributed by atoms with Crippen LogP contribution in [0.15, 0.2) is 40.8 Å². The number of furan rings is 1. The van der Waals surface area contributed by atoms with Crippen molar-refractivity contribution in [3.8, 4) is 11.3 Å². The molecule has 0 radical (unpaired) electrons. The van der Waals surface area contributed by atoms with E-state index < -0.39 is 0 Å². The molecule has 2 heterocycles. The minimum absolute atomic E-state index is 0.184. The number of rotatable bonds is 6. The molecule has 5 nitrogen and oxygen atoms in total. The summed E-state index contributed by atoms with van der Waals surface area (Å²) in [7, 11) is 2.15. The standard InChI is InChI=1S/C19H24ClN3O2/c1-22-11-13-23(14-12-22)10-4-9-21-19(24)18-8-7-17(25-18)15-5-2-3-6-16(15)20/h2-3,5-8H,4,9-14H2,1H3,(H,21,24). The fourth-order valence-electron chi connectivity index (χ4n) is 2.93. The van der Waals surface area contributed by atoms with Crippen molar-refractivity contribution < 1.29 is 9.21 Å². The quantitative estimate of drug-likeness (QED) is 0.804. The van der Waals surface area contributed by atoms with Crippen molar-refractivity contribution >= 4 is 17.5 Å². The number of hydrogen-bond donors (Lipinski definition) is 1. The van der Waals surface area contributed by atoms with Gasteiger partial charge in [0, 0.05) is 38.3 Å². The first-order valence-corrected chi connectivity index (χ1v) is 9.05. The van der Waals surface area contributed by atoms with Crippen molar-refractivity contribution in [1.29, 1.82) is 0 Å². The van der Waals surface area contributed by atoms with Crippen LogP contribution in [0.5, 0.6) is 0 Å². The molecular formula is C19H24ClN3O2. The highest BCUT2D eigenvalue weighted by Gasteiger charge is 2.15. The van der Waals surface area contributed by atoms with Gasteiger partial charge in [0.05, 0.1) is 5.02 Å². The van der Waals surface area contributed by atoms with Gasteiger partial charge in [-0.3, -0.25) is 4.79 Å². The van der Waals surface area contributed by atoms with E-state index in [0.29, 0.717) is 23.1 Å². The first kappa shape index (κ1) is 18.0. The number of halogens is 1. The number of benzene rings is 1. The molecule has 0 atom stereocenters. The second-order valence-electron chi connectivity index (χ2n) is 6.40. The molecule has 2 aromatic rings. The summed E-state index contributed by atoms with van der Waals surface area (Å²) in [6.45, 7) is 6.09. The third kappa shape index (κ3) is 4.84. The van der Waals surface area contributed by atoms with Crippen molar-refractivity contribution in [3.05, 3.63) is 47.2 Å². The third-order valence-electron chi connectivity index (χ3n) is 4.50. The van der Waals surface area contributed by atoms with Crippen molar-refractivity contribution in [2.45, 2.75) is 6.42 Å². The summed E-state index contributed by atoms with van der Waals surface area (Å²) in [4.78, 5) is 17.0. The van der Waals surface area contributed by atoms with E-state index in [4.69, 9.17) is 16.0 Å². The number of amides is 1. The lowest BCUT2D eigenvalue weighted by Gasteiger charge is -2.32. The molecule has 1 aliphatic heterocycles. The molecule has 1 N–H and O–H groups in total. The van der Waals surface area contributed by atoms with E-state index in [1.54, 1.807) is 18.2 Å². The highest BCUT2D eigenvalue weighted by Crippen LogP contribution is 2.28. The van der Waals surface area contributed by atoms with Crippen LogP contribution in [0.3, 0.4) is 0 Å². The molecule has 1 fully saturated rings. The number of likely N-dealkylation sites (N-methyl/N-ethyl adjacent to an activating group) is 1. The van der Waals surface area contributed by atoms with Crippen LogP contribution in [0.1, 0.15) is 17.0 Å². The summed E-state index contributed by atoms with van der Waals surface area (Å²) in [6, 6.07) is 10.9. The smallest absolute Gasteiger partial charge is 0.287 e. The van der Waals surface area contributed by atoms with Crippen molar-refractivity contribution in [2.75, 3.05) is 46.3 Å². The molecule has 0 saturated carbocycles. The van der Waals surface area contributed by atoms with Gasteiger partial charge in [0.25, 0.3) is 5.91 Å². The maximum absolute atomic E-state index is 12.2. The lowest BCUT2D eigenvalue weighted by atomic mass is 10.2. The van der Waals surface area contributed by atoms with Gasteiger partial charge in [-0.1, -0.05) is 23.7 Å². The Balaban J connectivity index is 1.45. The molecule has 3 rings (SSSR count). The summed E-state index contributed by atoms with van der Waals surface area (Å²) in [5.41, 5.74) is 0.790. The van der Waals surface area contributed by atoms with Crippen LogP contribution in [0.25, 0.3) is 11.3 Å². The number of hydrogen-bond acceptors (Lipinski definition) is 4. The number of carbonyl (C=O) groups excluding carboxylic acids is 1. The molecule has 1 amide bonds. The van der Waals surface area contributed by atoms with Crippen LogP contribution in [0, 0.1) is 0 Å². The first-order valence-electron chi connectivity index (χ1n) is 8.67. The van der Waals surface area contributed by atoms with E-state index in [1.165, 1.54) is 0 Å². The number of carbonyl (C=O) groups is 1. The maximum Gasteiger partial charge on any atom is 0.287 e. The Kier molecular flexibility index (Phi) is 6.13. The molecule has 0 spiro atoms. The van der Waals surface area contributed by atoms with E-state index in [9.17, 15) is 4.79 Å². The zero-order valence-electron chi connectivity index (χ0n) is 14.5. The van der Waals surface area contributed by atoms with Crippen LogP contribution in [-0.4, -0.2) is 62.0 Å². The van der Waals surface area contributed by atoms with Gasteiger partial charge in [-0.15, -0.1) is 0 Å². The molecule has 0 aliphatic carbocycles. The topological polar surface area (TPSA) is 48.7 Å². The van der Waals surface area contributed by atoms with Crippen LogP contribution in [0.2, 0.25) is 5.02 Å². The Hall–Kier alpha value is -1.82. The Labute approximate surface area is 153 Å². The molecule has 1 saturated heterocycles. The fourth-order valence-corrected chi connectivity index (χ4v) is 3.16. The van der Waals surface area contributed by atoms with E-state index in [2.05, 4.69) is 22.2 Å². The van der Waals surface area contributed by atoms with Gasteiger partial charge in [-0.05, 0) is 44.3 Å².